The predicted molar refractivity (Wildman–Crippen MR) is 111 cm³/mol. The number of anilines is 1. The van der Waals surface area contributed by atoms with Crippen molar-refractivity contribution in [2.24, 2.45) is 10.8 Å². The van der Waals surface area contributed by atoms with Gasteiger partial charge < -0.3 is 9.84 Å². The average Bonchev–Trinajstić information content (AvgIpc) is 2.54. The molecule has 1 aromatic rings. The van der Waals surface area contributed by atoms with Gasteiger partial charge in [0.2, 0.25) is 0 Å². The maximum Gasteiger partial charge on any atom is 0.573 e. The second-order valence-corrected chi connectivity index (χ2v) is 10.0. The van der Waals surface area contributed by atoms with Crippen molar-refractivity contribution in [1.29, 1.82) is 0 Å². The van der Waals surface area contributed by atoms with Crippen molar-refractivity contribution in [1.82, 2.24) is 0 Å². The zero-order valence-corrected chi connectivity index (χ0v) is 18.7. The number of alkyl halides is 3. The molecule has 170 valence electrons. The first-order chi connectivity index (χ1) is 13.9. The minimum atomic E-state index is -4.97. The summed E-state index contributed by atoms with van der Waals surface area (Å²) in [5.74, 6) is -0.838. The van der Waals surface area contributed by atoms with Crippen LogP contribution in [0.25, 0.3) is 0 Å². The fourth-order valence-electron chi connectivity index (χ4n) is 5.18. The van der Waals surface area contributed by atoms with E-state index in [1.807, 2.05) is 33.6 Å². The van der Waals surface area contributed by atoms with Crippen LogP contribution in [0, 0.1) is 30.1 Å². The van der Waals surface area contributed by atoms with E-state index in [9.17, 15) is 27.9 Å². The van der Waals surface area contributed by atoms with Gasteiger partial charge in [-0.15, -0.1) is 19.6 Å². The second kappa shape index (κ2) is 7.94. The summed E-state index contributed by atoms with van der Waals surface area (Å²) in [5, 5.41) is 9.89. The fourth-order valence-corrected chi connectivity index (χ4v) is 5.48. The second-order valence-electron chi connectivity index (χ2n) is 9.60. The molecule has 0 heterocycles. The predicted octanol–water partition coefficient (Wildman–Crippen LogP) is 5.57. The highest BCUT2D eigenvalue weighted by molar-refractivity contribution is 6.32. The molecule has 1 N–H and O–H groups in total. The molecule has 9 heteroatoms. The van der Waals surface area contributed by atoms with Crippen molar-refractivity contribution in [3.05, 3.63) is 22.7 Å². The smallest absolute Gasteiger partial charge is 0.479 e. The molecule has 1 amide bonds. The molecule has 0 atom stereocenters. The summed E-state index contributed by atoms with van der Waals surface area (Å²) in [6.45, 7) is 8.94. The molecule has 0 bridgehead atoms. The van der Waals surface area contributed by atoms with Gasteiger partial charge >= 0.3 is 18.2 Å². The van der Waals surface area contributed by atoms with Crippen LogP contribution in [-0.2, 0) is 9.59 Å². The Morgan fingerprint density at radius 1 is 1.16 bits per heavy atom. The first-order valence-corrected chi connectivity index (χ1v) is 9.91. The van der Waals surface area contributed by atoms with Gasteiger partial charge in [0.25, 0.3) is 0 Å². The molecule has 1 aliphatic carbocycles. The number of nitrogens with zero attached hydrogens (tertiary/aromatic N) is 1. The van der Waals surface area contributed by atoms with Crippen LogP contribution in [0.1, 0.15) is 52.5 Å². The molecule has 2 rings (SSSR count). The number of aryl methyl sites for hydroxylation is 1. The Balaban J connectivity index is 2.74. The fraction of sp³-hybridized carbons (Fsp3) is 0.545. The van der Waals surface area contributed by atoms with E-state index in [2.05, 4.69) is 4.74 Å². The molecular formula is C22H25ClF3NO4. The lowest BCUT2D eigenvalue weighted by atomic mass is 9.57. The Hall–Kier alpha value is -2.40. The van der Waals surface area contributed by atoms with Crippen LogP contribution in [0.4, 0.5) is 18.9 Å². The lowest BCUT2D eigenvalue weighted by molar-refractivity contribution is -0.274. The van der Waals surface area contributed by atoms with Gasteiger partial charge in [0.1, 0.15) is 5.54 Å². The number of halogens is 4. The van der Waals surface area contributed by atoms with E-state index >= 15 is 0 Å². The first kappa shape index (κ1) is 24.9. The van der Waals surface area contributed by atoms with Crippen LogP contribution in [0.2, 0.25) is 5.02 Å². The molecule has 0 unspecified atom stereocenters. The molecule has 1 aliphatic rings. The maximum absolute atomic E-state index is 12.9. The van der Waals surface area contributed by atoms with Gasteiger partial charge in [0, 0.05) is 5.69 Å². The van der Waals surface area contributed by atoms with E-state index in [-0.39, 0.29) is 24.1 Å². The quantitative estimate of drug-likeness (QED) is 0.597. The molecule has 5 nitrogen and oxygen atoms in total. The van der Waals surface area contributed by atoms with Gasteiger partial charge in [-0.1, -0.05) is 39.3 Å². The van der Waals surface area contributed by atoms with Crippen LogP contribution >= 0.6 is 11.6 Å². The summed E-state index contributed by atoms with van der Waals surface area (Å²) in [6, 6.07) is 2.30. The third-order valence-corrected chi connectivity index (χ3v) is 5.62. The van der Waals surface area contributed by atoms with Crippen molar-refractivity contribution in [2.75, 3.05) is 4.90 Å². The molecule has 31 heavy (non-hydrogen) atoms. The Morgan fingerprint density at radius 3 is 2.06 bits per heavy atom. The van der Waals surface area contributed by atoms with Crippen molar-refractivity contribution >= 4 is 29.2 Å². The number of terminal acetylenes is 1. The lowest BCUT2D eigenvalue weighted by Crippen LogP contribution is -2.63. The van der Waals surface area contributed by atoms with Crippen LogP contribution in [0.5, 0.6) is 5.75 Å². The number of carboxylic acid groups (broad SMARTS) is 1. The van der Waals surface area contributed by atoms with Crippen LogP contribution in [0.15, 0.2) is 12.1 Å². The number of amides is 1. The van der Waals surface area contributed by atoms with E-state index < -0.39 is 45.4 Å². The molecule has 0 radical (unpaired) electrons. The van der Waals surface area contributed by atoms with E-state index in [1.165, 1.54) is 13.0 Å². The van der Waals surface area contributed by atoms with Gasteiger partial charge in [-0.3, -0.25) is 9.69 Å². The highest BCUT2D eigenvalue weighted by Crippen LogP contribution is 2.53. The van der Waals surface area contributed by atoms with E-state index in [0.29, 0.717) is 6.42 Å². The summed E-state index contributed by atoms with van der Waals surface area (Å²) in [7, 11) is 0. The zero-order valence-electron chi connectivity index (χ0n) is 18.0. The number of hydrogen-bond acceptors (Lipinski definition) is 3. The number of rotatable bonds is 4. The van der Waals surface area contributed by atoms with E-state index in [1.54, 1.807) is 0 Å². The first-order valence-electron chi connectivity index (χ1n) is 9.53. The topological polar surface area (TPSA) is 66.8 Å². The number of carboxylic acids is 1. The third kappa shape index (κ3) is 5.27. The number of ether oxygens (including phenoxy) is 1. The van der Waals surface area contributed by atoms with E-state index in [4.69, 9.17) is 18.0 Å². The molecule has 1 saturated carbocycles. The number of carbonyl (C=O) groups excluding carboxylic acids is 1. The minimum Gasteiger partial charge on any atom is -0.479 e. The van der Waals surface area contributed by atoms with E-state index in [0.717, 1.165) is 11.0 Å². The highest BCUT2D eigenvalue weighted by atomic mass is 35.5. The van der Waals surface area contributed by atoms with Crippen molar-refractivity contribution in [2.45, 2.75) is 65.8 Å². The Bertz CT molecular complexity index is 908. The zero-order chi connectivity index (χ0) is 24.0. The Kier molecular flexibility index (Phi) is 6.37. The number of benzene rings is 1. The number of hydrogen-bond donors (Lipinski definition) is 1. The van der Waals surface area contributed by atoms with Crippen LogP contribution < -0.4 is 9.64 Å². The summed E-state index contributed by atoms with van der Waals surface area (Å²) >= 11 is 6.05. The monoisotopic (exact) mass is 459 g/mol. The molecule has 1 fully saturated rings. The molecule has 0 spiro atoms. The SMILES string of the molecule is C#CC(=O)N(c1cc(C)c(OC(F)(F)F)c(Cl)c1)C1(C(=O)O)CC(C)(C)CC(C)(C)C1. The molecule has 0 saturated heterocycles. The molecule has 1 aromatic carbocycles. The van der Waals surface area contributed by atoms with Gasteiger partial charge in [0.15, 0.2) is 5.75 Å². The molecule has 0 aromatic heterocycles. The van der Waals surface area contributed by atoms with Gasteiger partial charge in [-0.25, -0.2) is 4.79 Å². The maximum atomic E-state index is 12.9. The van der Waals surface area contributed by atoms with Crippen molar-refractivity contribution in [3.8, 4) is 18.1 Å². The summed E-state index contributed by atoms with van der Waals surface area (Å²) in [6.07, 6.45) is 1.31. The van der Waals surface area contributed by atoms with Crippen molar-refractivity contribution in [3.63, 3.8) is 0 Å². The number of aliphatic carboxylic acids is 1. The van der Waals surface area contributed by atoms with Crippen LogP contribution in [-0.4, -0.2) is 28.9 Å². The highest BCUT2D eigenvalue weighted by Gasteiger charge is 2.57. The lowest BCUT2D eigenvalue weighted by Gasteiger charge is -2.53. The largest absolute Gasteiger partial charge is 0.573 e. The molecular weight excluding hydrogens is 435 g/mol. The summed E-state index contributed by atoms with van der Waals surface area (Å²) < 4.78 is 42.1. The summed E-state index contributed by atoms with van der Waals surface area (Å²) in [5.41, 5.74) is -2.64. The van der Waals surface area contributed by atoms with Gasteiger partial charge in [0.05, 0.1) is 5.02 Å². The van der Waals surface area contributed by atoms with Gasteiger partial charge in [-0.2, -0.15) is 0 Å². The van der Waals surface area contributed by atoms with Crippen LogP contribution in [0.3, 0.4) is 0 Å². The Morgan fingerprint density at radius 2 is 1.68 bits per heavy atom. The number of carbonyl (C=O) groups is 2. The third-order valence-electron chi connectivity index (χ3n) is 5.34. The average molecular weight is 460 g/mol. The summed E-state index contributed by atoms with van der Waals surface area (Å²) in [4.78, 5) is 26.5. The normalized spacial score (nSPS) is 19.2. The van der Waals surface area contributed by atoms with Crippen molar-refractivity contribution < 1.29 is 32.6 Å². The molecule has 0 aliphatic heterocycles. The standard InChI is InChI=1S/C22H25ClF3NO4/c1-7-16(28)27(14-8-13(2)17(15(23)9-14)31-22(24,25)26)21(18(29)30)11-19(3,4)10-20(5,6)12-21/h1,8-9H,10-12H2,2-6H3,(H,29,30). The van der Waals surface area contributed by atoms with Gasteiger partial charge in [-0.05, 0) is 60.6 Å². The minimum absolute atomic E-state index is 0.00382. The Labute approximate surface area is 184 Å².